The molecule has 0 aliphatic carbocycles. The maximum Gasteiger partial charge on any atom is 0.261 e. The van der Waals surface area contributed by atoms with E-state index in [4.69, 9.17) is 11.6 Å². The number of pyridine rings is 1. The number of likely N-dealkylation sites (tertiary alicyclic amines) is 1. The van der Waals surface area contributed by atoms with E-state index >= 15 is 0 Å². The van der Waals surface area contributed by atoms with Crippen LogP contribution in [0.4, 0.5) is 0 Å². The molecule has 2 aliphatic rings. The summed E-state index contributed by atoms with van der Waals surface area (Å²) in [6.45, 7) is 3.73. The van der Waals surface area contributed by atoms with E-state index in [0.717, 1.165) is 32.5 Å². The van der Waals surface area contributed by atoms with Crippen LogP contribution in [0.5, 0.6) is 0 Å². The van der Waals surface area contributed by atoms with E-state index in [1.807, 2.05) is 0 Å². The summed E-state index contributed by atoms with van der Waals surface area (Å²) in [4.78, 5) is 51.7. The number of carbonyl (C=O) groups excluding carboxylic acids is 2. The number of imidazole rings is 1. The predicted molar refractivity (Wildman–Crippen MR) is 117 cm³/mol. The summed E-state index contributed by atoms with van der Waals surface area (Å²) in [6.07, 6.45) is 5.73. The lowest BCUT2D eigenvalue weighted by molar-refractivity contribution is 0.0650. The minimum atomic E-state index is -0.369. The van der Waals surface area contributed by atoms with E-state index in [2.05, 4.69) is 19.9 Å². The number of carbonyl (C=O) groups is 2. The van der Waals surface area contributed by atoms with Gasteiger partial charge in [-0.3, -0.25) is 19.3 Å². The van der Waals surface area contributed by atoms with Gasteiger partial charge in [-0.1, -0.05) is 11.6 Å². The van der Waals surface area contributed by atoms with E-state index < -0.39 is 0 Å². The minimum Gasteiger partial charge on any atom is -0.338 e. The van der Waals surface area contributed by atoms with Crippen molar-refractivity contribution in [1.82, 2.24) is 24.8 Å². The maximum atomic E-state index is 12.9. The SMILES string of the molecule is O=C1c2cc3nc(-c4c(Cl)cc[nH]c4=O)[nH]c3cc2C(=O)N1CCCCN1CCCC1. The number of fused-ring (bicyclic) bond motifs is 2. The summed E-state index contributed by atoms with van der Waals surface area (Å²) in [5.74, 6) is -0.276. The summed E-state index contributed by atoms with van der Waals surface area (Å²) in [6, 6.07) is 4.82. The van der Waals surface area contributed by atoms with Gasteiger partial charge < -0.3 is 14.9 Å². The fraction of sp³-hybridized carbons (Fsp3) is 0.364. The molecule has 0 radical (unpaired) electrons. The molecular weight excluding hydrogens is 418 g/mol. The zero-order valence-corrected chi connectivity index (χ0v) is 17.7. The second-order valence-corrected chi connectivity index (χ2v) is 8.46. The van der Waals surface area contributed by atoms with Crippen molar-refractivity contribution >= 4 is 34.4 Å². The number of hydrogen-bond donors (Lipinski definition) is 2. The summed E-state index contributed by atoms with van der Waals surface area (Å²) in [5, 5.41) is 0.266. The molecule has 0 atom stereocenters. The number of H-pyrrole nitrogens is 2. The van der Waals surface area contributed by atoms with Gasteiger partial charge in [0.2, 0.25) is 0 Å². The third-order valence-corrected chi connectivity index (χ3v) is 6.34. The van der Waals surface area contributed by atoms with Crippen LogP contribution < -0.4 is 5.56 Å². The molecule has 4 heterocycles. The molecule has 0 bridgehead atoms. The number of nitrogens with zero attached hydrogens (tertiary/aromatic N) is 3. The first-order chi connectivity index (χ1) is 15.0. The lowest BCUT2D eigenvalue weighted by Gasteiger charge is -2.16. The number of amides is 2. The lowest BCUT2D eigenvalue weighted by Crippen LogP contribution is -2.31. The van der Waals surface area contributed by atoms with E-state index in [1.165, 1.54) is 23.9 Å². The van der Waals surface area contributed by atoms with Gasteiger partial charge in [-0.05, 0) is 63.5 Å². The maximum absolute atomic E-state index is 12.9. The van der Waals surface area contributed by atoms with Crippen molar-refractivity contribution in [1.29, 1.82) is 0 Å². The Labute approximate surface area is 183 Å². The second kappa shape index (κ2) is 7.94. The Morgan fingerprint density at radius 3 is 2.45 bits per heavy atom. The number of aromatic amines is 2. The van der Waals surface area contributed by atoms with Crippen molar-refractivity contribution < 1.29 is 9.59 Å². The van der Waals surface area contributed by atoms with Gasteiger partial charge in [-0.2, -0.15) is 0 Å². The molecule has 0 unspecified atom stereocenters. The van der Waals surface area contributed by atoms with Crippen LogP contribution in [0.2, 0.25) is 5.02 Å². The minimum absolute atomic E-state index is 0.220. The van der Waals surface area contributed by atoms with Gasteiger partial charge in [-0.15, -0.1) is 0 Å². The summed E-state index contributed by atoms with van der Waals surface area (Å²) >= 11 is 6.16. The molecule has 31 heavy (non-hydrogen) atoms. The number of rotatable bonds is 6. The van der Waals surface area contributed by atoms with Gasteiger partial charge in [0, 0.05) is 12.7 Å². The molecule has 8 nitrogen and oxygen atoms in total. The van der Waals surface area contributed by atoms with Crippen molar-refractivity contribution in [3.63, 3.8) is 0 Å². The van der Waals surface area contributed by atoms with Crippen LogP contribution in [0.1, 0.15) is 46.4 Å². The first kappa shape index (κ1) is 20.0. The van der Waals surface area contributed by atoms with E-state index in [1.54, 1.807) is 18.2 Å². The third kappa shape index (κ3) is 3.55. The summed E-state index contributed by atoms with van der Waals surface area (Å²) in [5.41, 5.74) is 1.64. The summed E-state index contributed by atoms with van der Waals surface area (Å²) in [7, 11) is 0. The van der Waals surface area contributed by atoms with Crippen LogP contribution in [0.15, 0.2) is 29.2 Å². The average Bonchev–Trinajstić information content (AvgIpc) is 3.45. The Hall–Kier alpha value is -2.97. The van der Waals surface area contributed by atoms with Crippen molar-refractivity contribution in [2.45, 2.75) is 25.7 Å². The quantitative estimate of drug-likeness (QED) is 0.454. The summed E-state index contributed by atoms with van der Waals surface area (Å²) < 4.78 is 0. The molecule has 2 amide bonds. The molecule has 160 valence electrons. The van der Waals surface area contributed by atoms with Gasteiger partial charge >= 0.3 is 0 Å². The van der Waals surface area contributed by atoms with Crippen LogP contribution in [0.25, 0.3) is 22.4 Å². The zero-order chi connectivity index (χ0) is 21.5. The number of halogens is 1. The molecular formula is C22H22ClN5O3. The normalized spacial score (nSPS) is 16.6. The van der Waals surface area contributed by atoms with Crippen LogP contribution in [0.3, 0.4) is 0 Å². The van der Waals surface area contributed by atoms with Crippen molar-refractivity contribution in [2.75, 3.05) is 26.2 Å². The molecule has 2 aliphatic heterocycles. The fourth-order valence-electron chi connectivity index (χ4n) is 4.40. The van der Waals surface area contributed by atoms with Crippen molar-refractivity contribution in [3.05, 3.63) is 50.9 Å². The topological polar surface area (TPSA) is 102 Å². The highest BCUT2D eigenvalue weighted by atomic mass is 35.5. The van der Waals surface area contributed by atoms with E-state index in [-0.39, 0.29) is 28.0 Å². The number of unbranched alkanes of at least 4 members (excludes halogenated alkanes) is 1. The molecule has 1 aromatic carbocycles. The molecule has 1 fully saturated rings. The monoisotopic (exact) mass is 439 g/mol. The van der Waals surface area contributed by atoms with Gasteiger partial charge in [0.05, 0.1) is 27.2 Å². The Bertz CT molecular complexity index is 1190. The number of hydrogen-bond acceptors (Lipinski definition) is 5. The molecule has 2 aromatic heterocycles. The van der Waals surface area contributed by atoms with Gasteiger partial charge in [-0.25, -0.2) is 4.98 Å². The molecule has 0 saturated carbocycles. The molecule has 9 heteroatoms. The van der Waals surface area contributed by atoms with Crippen molar-refractivity contribution in [2.24, 2.45) is 0 Å². The molecule has 1 saturated heterocycles. The first-order valence-corrected chi connectivity index (χ1v) is 10.9. The Morgan fingerprint density at radius 2 is 1.71 bits per heavy atom. The van der Waals surface area contributed by atoms with Crippen molar-refractivity contribution in [3.8, 4) is 11.4 Å². The number of nitrogens with one attached hydrogen (secondary N) is 2. The highest BCUT2D eigenvalue weighted by molar-refractivity contribution is 6.33. The van der Waals surface area contributed by atoms with E-state index in [9.17, 15) is 14.4 Å². The lowest BCUT2D eigenvalue weighted by atomic mass is 10.1. The molecule has 2 N–H and O–H groups in total. The largest absolute Gasteiger partial charge is 0.338 e. The number of imide groups is 1. The number of benzene rings is 1. The molecule has 5 rings (SSSR count). The van der Waals surface area contributed by atoms with Gasteiger partial charge in [0.15, 0.2) is 0 Å². The van der Waals surface area contributed by atoms with Gasteiger partial charge in [0.1, 0.15) is 11.4 Å². The van der Waals surface area contributed by atoms with Crippen LogP contribution in [-0.4, -0.2) is 62.7 Å². The average molecular weight is 440 g/mol. The second-order valence-electron chi connectivity index (χ2n) is 8.05. The Kier molecular flexibility index (Phi) is 5.11. The first-order valence-electron chi connectivity index (χ1n) is 10.5. The van der Waals surface area contributed by atoms with Crippen LogP contribution >= 0.6 is 11.6 Å². The molecule has 3 aromatic rings. The highest BCUT2D eigenvalue weighted by Crippen LogP contribution is 2.30. The third-order valence-electron chi connectivity index (χ3n) is 6.02. The Morgan fingerprint density at radius 1 is 1.00 bits per heavy atom. The Balaban J connectivity index is 1.36. The molecule has 0 spiro atoms. The highest BCUT2D eigenvalue weighted by Gasteiger charge is 2.36. The predicted octanol–water partition coefficient (Wildman–Crippen LogP) is 3.04. The van der Waals surface area contributed by atoms with Crippen LogP contribution in [-0.2, 0) is 0 Å². The van der Waals surface area contributed by atoms with Crippen LogP contribution in [0, 0.1) is 0 Å². The smallest absolute Gasteiger partial charge is 0.261 e. The fourth-order valence-corrected chi connectivity index (χ4v) is 4.64. The standard InChI is InChI=1S/C22H22ClN5O3/c23-15-5-6-24-20(29)18(15)19-25-16-11-13-14(12-17(16)26-19)22(31)28(21(13)30)10-4-3-9-27-7-1-2-8-27/h5-6,11-12H,1-4,7-10H2,(H,24,29)(H,25,26). The van der Waals surface area contributed by atoms with E-state index in [0.29, 0.717) is 34.5 Å². The number of aromatic nitrogens is 3. The zero-order valence-electron chi connectivity index (χ0n) is 16.9. The van der Waals surface area contributed by atoms with Gasteiger partial charge in [0.25, 0.3) is 17.4 Å².